The second-order valence-corrected chi connectivity index (χ2v) is 25.0. The smallest absolute Gasteiger partial charge is 0.342 e. The Morgan fingerprint density at radius 3 is 0.866 bits per heavy atom. The van der Waals surface area contributed by atoms with Gasteiger partial charge >= 0.3 is 29.8 Å². The van der Waals surface area contributed by atoms with Crippen LogP contribution in [0.4, 0.5) is 26.3 Å². The first-order valence-corrected chi connectivity index (χ1v) is 35.2. The van der Waals surface area contributed by atoms with Crippen molar-refractivity contribution in [2.45, 2.75) is 26.4 Å². The predicted molar refractivity (Wildman–Crippen MR) is 420 cm³/mol. The molecule has 0 bridgehead atoms. The lowest BCUT2D eigenvalue weighted by atomic mass is 10.1. The summed E-state index contributed by atoms with van der Waals surface area (Å²) >= 11 is 34.6. The van der Waals surface area contributed by atoms with Crippen LogP contribution in [0.5, 0.6) is 92.0 Å². The van der Waals surface area contributed by atoms with Crippen molar-refractivity contribution < 1.29 is 157 Å². The minimum atomic E-state index is -1.61. The lowest BCUT2D eigenvalue weighted by Crippen LogP contribution is -2.09. The third-order valence-electron chi connectivity index (χ3n) is 15.5. The third kappa shape index (κ3) is 25.7. The van der Waals surface area contributed by atoms with E-state index in [0.29, 0.717) is 41.4 Å². The van der Waals surface area contributed by atoms with Gasteiger partial charge in [-0.3, -0.25) is 4.79 Å². The summed E-state index contributed by atoms with van der Waals surface area (Å²) in [6, 6.07) is 33.6. The first-order chi connectivity index (χ1) is 56.5. The van der Waals surface area contributed by atoms with Crippen LogP contribution in [0, 0.1) is 34.9 Å². The van der Waals surface area contributed by atoms with E-state index in [4.69, 9.17) is 157 Å². The minimum Gasteiger partial charge on any atom is -0.504 e. The molecule has 0 saturated carbocycles. The van der Waals surface area contributed by atoms with E-state index in [-0.39, 0.29) is 98.1 Å². The average Bonchev–Trinajstić information content (AvgIpc) is 0.808. The molecule has 0 radical (unpaired) electrons. The zero-order valence-corrected chi connectivity index (χ0v) is 68.0. The molecule has 0 unspecified atom stereocenters. The molecule has 0 saturated heterocycles. The van der Waals surface area contributed by atoms with Crippen molar-refractivity contribution in [3.63, 3.8) is 0 Å². The molecule has 0 aliphatic carbocycles. The standard InChI is InChI=1S/C24H22ClFO6.C23H20ClFO6.C9H8ClFO4.C9H8ClFO3.C8H6ClFO4.C7H4ClFO4/c1-28-17-8-4-15(5-9-17)13-31-20-12-19(26)21(24(27)30-3)22(25)23(20)32-14-16-6-10-18(29-2)11-7-16;1-28-16-7-3-14(4-8-16)12-30-19-11-18(25)20(23(26)27)21(24)22(19)31-13-15-5-9-17(29-2)10-6-15;1-14-5-3-4(11)6(9(12)13)7(10)8(5)15-2;1-13-7-3-6(11)5(4-12)8(10)9(7)14-2;1-14-8(13)5-3(10)2-4(11)7(12)6(5)9;8-5-4(7(12)13)2(9)1-3(10)6(5)11/h4-12H,13-14H2,1-3H3;3-11H,12-13H2,1-2H3,(H,26,27);3H,1-2H3,(H,12,13);3-4H,1-2H3;2,11-12H,1H3;1,10-11H,(H,12,13). The van der Waals surface area contributed by atoms with Crippen molar-refractivity contribution in [2.75, 3.05) is 71.1 Å². The average molecular weight is 1790 g/mol. The van der Waals surface area contributed by atoms with Gasteiger partial charge in [0.05, 0.1) is 81.7 Å². The number of hydrogen-bond donors (Lipinski definition) is 7. The first-order valence-electron chi connectivity index (χ1n) is 32.9. The Morgan fingerprint density at radius 2 is 0.563 bits per heavy atom. The number of esters is 2. The topological polar surface area (TPSA) is 373 Å². The highest BCUT2D eigenvalue weighted by atomic mass is 35.5. The zero-order valence-electron chi connectivity index (χ0n) is 63.4. The molecular weight excluding hydrogens is 1720 g/mol. The molecule has 10 aromatic carbocycles. The van der Waals surface area contributed by atoms with Gasteiger partial charge in [-0.2, -0.15) is 0 Å². The van der Waals surface area contributed by atoms with Gasteiger partial charge in [0.25, 0.3) is 0 Å². The lowest BCUT2D eigenvalue weighted by molar-refractivity contribution is 0.0585. The number of aldehydes is 1. The summed E-state index contributed by atoms with van der Waals surface area (Å²) in [6.07, 6.45) is 0.333. The van der Waals surface area contributed by atoms with E-state index in [9.17, 15) is 60.2 Å². The number of methoxy groups -OCH3 is 10. The maximum absolute atomic E-state index is 14.6. The largest absolute Gasteiger partial charge is 0.504 e. The van der Waals surface area contributed by atoms with Gasteiger partial charge in [0.2, 0.25) is 0 Å². The van der Waals surface area contributed by atoms with Gasteiger partial charge in [0.1, 0.15) is 137 Å². The van der Waals surface area contributed by atoms with Gasteiger partial charge in [0.15, 0.2) is 75.3 Å². The van der Waals surface area contributed by atoms with Crippen molar-refractivity contribution in [3.8, 4) is 92.0 Å². The monoisotopic (exact) mass is 1780 g/mol. The lowest BCUT2D eigenvalue weighted by Gasteiger charge is -2.17. The van der Waals surface area contributed by atoms with Gasteiger partial charge in [-0.1, -0.05) is 118 Å². The number of aromatic hydroxyl groups is 4. The van der Waals surface area contributed by atoms with Gasteiger partial charge in [0, 0.05) is 36.4 Å². The van der Waals surface area contributed by atoms with Crippen LogP contribution in [0.1, 0.15) is 84.4 Å². The number of phenols is 4. The molecule has 7 N–H and O–H groups in total. The van der Waals surface area contributed by atoms with Crippen LogP contribution in [0.15, 0.2) is 133 Å². The van der Waals surface area contributed by atoms with E-state index < -0.39 is 126 Å². The van der Waals surface area contributed by atoms with Crippen LogP contribution < -0.4 is 56.8 Å². The molecular formula is C80H68Cl6F6O27. The van der Waals surface area contributed by atoms with Crippen LogP contribution in [-0.4, -0.2) is 143 Å². The van der Waals surface area contributed by atoms with E-state index in [1.54, 1.807) is 101 Å². The van der Waals surface area contributed by atoms with Gasteiger partial charge in [-0.15, -0.1) is 0 Å². The number of rotatable bonds is 26. The predicted octanol–water partition coefficient (Wildman–Crippen LogP) is 18.6. The molecule has 0 aliphatic heterocycles. The summed E-state index contributed by atoms with van der Waals surface area (Å²) in [4.78, 5) is 66.0. The Morgan fingerprint density at radius 1 is 0.311 bits per heavy atom. The van der Waals surface area contributed by atoms with Crippen LogP contribution >= 0.6 is 69.6 Å². The Balaban J connectivity index is 0.000000266. The summed E-state index contributed by atoms with van der Waals surface area (Å²) in [6.45, 7) is 0.378. The minimum absolute atomic E-state index is 0.00188. The molecule has 0 amide bonds. The van der Waals surface area contributed by atoms with E-state index in [1.165, 1.54) is 28.4 Å². The van der Waals surface area contributed by atoms with E-state index in [2.05, 4.69) is 9.47 Å². The first kappa shape index (κ1) is 96.9. The summed E-state index contributed by atoms with van der Waals surface area (Å²) in [5.41, 5.74) is -0.230. The van der Waals surface area contributed by atoms with Crippen molar-refractivity contribution in [3.05, 3.63) is 254 Å². The fraction of sp³-hybridized carbons (Fsp3) is 0.175. The van der Waals surface area contributed by atoms with Crippen molar-refractivity contribution in [2.24, 2.45) is 0 Å². The fourth-order valence-corrected chi connectivity index (χ4v) is 11.3. The zero-order chi connectivity index (χ0) is 88.8. The molecule has 39 heteroatoms. The Kier molecular flexibility index (Phi) is 37.7. The Bertz CT molecular complexity index is 5250. The molecule has 0 fully saturated rings. The summed E-state index contributed by atoms with van der Waals surface area (Å²) < 4.78 is 153. The van der Waals surface area contributed by atoms with Crippen LogP contribution in [-0.2, 0) is 35.9 Å². The SMILES string of the molecule is COC(=O)c1c(F)cc(O)c(O)c1Cl.COC(=O)c1c(F)cc(OCc2ccc(OC)cc2)c(OCc2ccc(OC)cc2)c1Cl.COc1cc(F)c(C(=O)O)c(Cl)c1OC.COc1cc(F)c(C=O)c(Cl)c1OC.COc1ccc(COc2cc(F)c(C(=O)O)c(Cl)c2OCc2ccc(OC)cc2)cc1.O=C(O)c1c(F)cc(O)c(O)c1Cl. The highest BCUT2D eigenvalue weighted by Gasteiger charge is 2.29. The van der Waals surface area contributed by atoms with Gasteiger partial charge in [-0.25, -0.2) is 50.3 Å². The van der Waals surface area contributed by atoms with E-state index >= 15 is 0 Å². The number of carboxylic acid groups (broad SMARTS) is 3. The normalized spacial score (nSPS) is 10.2. The third-order valence-corrected chi connectivity index (χ3v) is 17.7. The molecule has 0 heterocycles. The molecule has 10 aromatic rings. The number of aromatic carboxylic acids is 3. The second-order valence-electron chi connectivity index (χ2n) is 22.7. The number of phenolic OH excluding ortho intramolecular Hbond substituents is 4. The quantitative estimate of drug-likeness (QED) is 0.0115. The fourth-order valence-electron chi connectivity index (χ4n) is 9.49. The van der Waals surface area contributed by atoms with E-state index in [1.807, 2.05) is 24.3 Å². The molecule has 0 aliphatic rings. The second kappa shape index (κ2) is 46.3. The van der Waals surface area contributed by atoms with Gasteiger partial charge in [-0.05, 0) is 70.8 Å². The highest BCUT2D eigenvalue weighted by molar-refractivity contribution is 6.37. The summed E-state index contributed by atoms with van der Waals surface area (Å²) in [7, 11) is 13.8. The number of carboxylic acids is 3. The highest BCUT2D eigenvalue weighted by Crippen LogP contribution is 2.45. The molecule has 119 heavy (non-hydrogen) atoms. The maximum Gasteiger partial charge on any atom is 0.342 e. The number of carbonyl (C=O) groups excluding carboxylic acids is 3. The van der Waals surface area contributed by atoms with E-state index in [0.717, 1.165) is 60.7 Å². The number of carbonyl (C=O) groups is 6. The number of halogens is 12. The number of hydrogen-bond acceptors (Lipinski definition) is 24. The number of benzene rings is 10. The molecule has 27 nitrogen and oxygen atoms in total. The molecule has 634 valence electrons. The maximum atomic E-state index is 14.6. The molecule has 10 rings (SSSR count). The molecule has 0 atom stereocenters. The summed E-state index contributed by atoms with van der Waals surface area (Å²) in [5, 5.41) is 60.0. The molecule has 0 spiro atoms. The van der Waals surface area contributed by atoms with Gasteiger partial charge < -0.3 is 102 Å². The molecule has 0 aromatic heterocycles. The Hall–Kier alpha value is -12.7. The Labute approximate surface area is 702 Å². The van der Waals surface area contributed by atoms with Crippen LogP contribution in [0.3, 0.4) is 0 Å². The van der Waals surface area contributed by atoms with Crippen molar-refractivity contribution >= 4 is 106 Å². The van der Waals surface area contributed by atoms with Crippen molar-refractivity contribution in [1.29, 1.82) is 0 Å². The van der Waals surface area contributed by atoms with Crippen LogP contribution in [0.25, 0.3) is 0 Å². The number of ether oxygens (including phenoxy) is 14. The van der Waals surface area contributed by atoms with Crippen molar-refractivity contribution in [1.82, 2.24) is 0 Å². The summed E-state index contributed by atoms with van der Waals surface area (Å²) in [5.74, 6) is -12.3. The van der Waals surface area contributed by atoms with Crippen LogP contribution in [0.2, 0.25) is 30.1 Å².